The fourth-order valence-electron chi connectivity index (χ4n) is 4.61. The Bertz CT molecular complexity index is 663. The van der Waals surface area contributed by atoms with Gasteiger partial charge in [0.05, 0.1) is 6.61 Å². The van der Waals surface area contributed by atoms with Crippen molar-refractivity contribution in [1.29, 1.82) is 0 Å². The molecule has 7 nitrogen and oxygen atoms in total. The SMILES string of the molecule is O=C(CCc1ccc(N2CCC(C3CCN(C(=O)O)CC3)CC2)cc1)NCCO. The summed E-state index contributed by atoms with van der Waals surface area (Å²) in [4.78, 5) is 26.7. The smallest absolute Gasteiger partial charge is 0.407 e. The van der Waals surface area contributed by atoms with Gasteiger partial charge in [-0.15, -0.1) is 0 Å². The van der Waals surface area contributed by atoms with E-state index in [1.165, 1.54) is 18.5 Å². The first-order valence-electron chi connectivity index (χ1n) is 10.8. The zero-order valence-corrected chi connectivity index (χ0v) is 17.1. The van der Waals surface area contributed by atoms with Crippen molar-refractivity contribution in [2.75, 3.05) is 44.2 Å². The predicted molar refractivity (Wildman–Crippen MR) is 112 cm³/mol. The van der Waals surface area contributed by atoms with Gasteiger partial charge in [0, 0.05) is 44.8 Å². The molecule has 2 aliphatic heterocycles. The summed E-state index contributed by atoms with van der Waals surface area (Å²) >= 11 is 0. The largest absolute Gasteiger partial charge is 0.465 e. The van der Waals surface area contributed by atoms with Crippen molar-refractivity contribution in [2.24, 2.45) is 11.8 Å². The van der Waals surface area contributed by atoms with Crippen LogP contribution < -0.4 is 10.2 Å². The Labute approximate surface area is 172 Å². The number of amides is 2. The number of nitrogens with zero attached hydrogens (tertiary/aromatic N) is 2. The lowest BCUT2D eigenvalue weighted by molar-refractivity contribution is -0.121. The van der Waals surface area contributed by atoms with Crippen LogP contribution in [0.25, 0.3) is 0 Å². The molecule has 0 aliphatic carbocycles. The van der Waals surface area contributed by atoms with E-state index in [0.717, 1.165) is 31.5 Å². The number of hydrogen-bond donors (Lipinski definition) is 3. The molecular weight excluding hydrogens is 370 g/mol. The Kier molecular flexibility index (Phi) is 7.75. The number of aryl methyl sites for hydroxylation is 1. The highest BCUT2D eigenvalue weighted by Gasteiger charge is 2.30. The molecule has 0 saturated carbocycles. The van der Waals surface area contributed by atoms with Gasteiger partial charge in [0.25, 0.3) is 0 Å². The molecule has 0 aromatic heterocycles. The number of likely N-dealkylation sites (tertiary alicyclic amines) is 1. The van der Waals surface area contributed by atoms with Gasteiger partial charge in [0.2, 0.25) is 5.91 Å². The van der Waals surface area contributed by atoms with E-state index in [2.05, 4.69) is 34.5 Å². The fraction of sp³-hybridized carbons (Fsp3) is 0.636. The maximum absolute atomic E-state index is 11.6. The number of benzene rings is 1. The zero-order chi connectivity index (χ0) is 20.6. The normalized spacial score (nSPS) is 18.7. The topological polar surface area (TPSA) is 93.1 Å². The molecule has 2 fully saturated rings. The highest BCUT2D eigenvalue weighted by molar-refractivity contribution is 5.76. The second-order valence-electron chi connectivity index (χ2n) is 8.17. The lowest BCUT2D eigenvalue weighted by atomic mass is 9.79. The van der Waals surface area contributed by atoms with Crippen LogP contribution in [0.15, 0.2) is 24.3 Å². The van der Waals surface area contributed by atoms with Gasteiger partial charge in [0.1, 0.15) is 0 Å². The van der Waals surface area contributed by atoms with E-state index in [0.29, 0.717) is 44.3 Å². The molecule has 0 bridgehead atoms. The number of carbonyl (C=O) groups excluding carboxylic acids is 1. The molecule has 7 heteroatoms. The van der Waals surface area contributed by atoms with Crippen LogP contribution >= 0.6 is 0 Å². The Hall–Kier alpha value is -2.28. The minimum absolute atomic E-state index is 0.0283. The van der Waals surface area contributed by atoms with Crippen LogP contribution in [0.1, 0.15) is 37.7 Å². The Morgan fingerprint density at radius 1 is 0.966 bits per heavy atom. The molecule has 3 N–H and O–H groups in total. The van der Waals surface area contributed by atoms with Gasteiger partial charge in [-0.25, -0.2) is 4.79 Å². The summed E-state index contributed by atoms with van der Waals surface area (Å²) in [7, 11) is 0. The Morgan fingerprint density at radius 2 is 1.55 bits per heavy atom. The molecule has 2 saturated heterocycles. The molecule has 2 amide bonds. The highest BCUT2D eigenvalue weighted by Crippen LogP contribution is 2.34. The second kappa shape index (κ2) is 10.5. The van der Waals surface area contributed by atoms with Crippen molar-refractivity contribution in [3.05, 3.63) is 29.8 Å². The van der Waals surface area contributed by atoms with E-state index in [1.807, 2.05) is 0 Å². The molecule has 0 atom stereocenters. The van der Waals surface area contributed by atoms with Crippen LogP contribution in [0.3, 0.4) is 0 Å². The van der Waals surface area contributed by atoms with Crippen molar-refractivity contribution in [3.63, 3.8) is 0 Å². The van der Waals surface area contributed by atoms with Crippen molar-refractivity contribution in [1.82, 2.24) is 10.2 Å². The molecule has 0 unspecified atom stereocenters. The minimum Gasteiger partial charge on any atom is -0.465 e. The summed E-state index contributed by atoms with van der Waals surface area (Å²) in [6, 6.07) is 8.49. The number of nitrogens with one attached hydrogen (secondary N) is 1. The number of aliphatic hydroxyl groups excluding tert-OH is 1. The van der Waals surface area contributed by atoms with Gasteiger partial charge < -0.3 is 25.3 Å². The molecule has 0 spiro atoms. The van der Waals surface area contributed by atoms with E-state index < -0.39 is 6.09 Å². The molecule has 0 radical (unpaired) electrons. The minimum atomic E-state index is -0.785. The Balaban J connectivity index is 1.41. The molecule has 2 aliphatic rings. The molecule has 1 aromatic carbocycles. The van der Waals surface area contributed by atoms with E-state index >= 15 is 0 Å². The fourth-order valence-corrected chi connectivity index (χ4v) is 4.61. The van der Waals surface area contributed by atoms with E-state index in [9.17, 15) is 9.59 Å². The summed E-state index contributed by atoms with van der Waals surface area (Å²) in [6.07, 6.45) is 4.69. The van der Waals surface area contributed by atoms with Crippen LogP contribution in [-0.2, 0) is 11.2 Å². The van der Waals surface area contributed by atoms with E-state index in [1.54, 1.807) is 4.90 Å². The van der Waals surface area contributed by atoms with Crippen LogP contribution in [0.2, 0.25) is 0 Å². The molecular formula is C22H33N3O4. The third kappa shape index (κ3) is 6.10. The van der Waals surface area contributed by atoms with Gasteiger partial charge in [-0.1, -0.05) is 12.1 Å². The maximum Gasteiger partial charge on any atom is 0.407 e. The zero-order valence-electron chi connectivity index (χ0n) is 17.1. The number of hydrogen-bond acceptors (Lipinski definition) is 4. The number of rotatable bonds is 7. The van der Waals surface area contributed by atoms with Gasteiger partial charge in [0.15, 0.2) is 0 Å². The molecule has 2 heterocycles. The van der Waals surface area contributed by atoms with Crippen LogP contribution in [0, 0.1) is 11.8 Å². The van der Waals surface area contributed by atoms with Gasteiger partial charge in [-0.2, -0.15) is 0 Å². The second-order valence-corrected chi connectivity index (χ2v) is 8.17. The van der Waals surface area contributed by atoms with Crippen LogP contribution in [-0.4, -0.2) is 66.4 Å². The first-order chi connectivity index (χ1) is 14.1. The standard InChI is InChI=1S/C22H33N3O4/c26-16-11-23-21(27)6-3-17-1-4-20(5-2-17)24-12-7-18(8-13-24)19-9-14-25(15-10-19)22(28)29/h1-2,4-5,18-19,26H,3,6-16H2,(H,23,27)(H,28,29). The summed E-state index contributed by atoms with van der Waals surface area (Å²) in [6.45, 7) is 3.74. The van der Waals surface area contributed by atoms with E-state index in [-0.39, 0.29) is 12.5 Å². The number of aliphatic hydroxyl groups is 1. The molecule has 1 aromatic rings. The van der Waals surface area contributed by atoms with Crippen molar-refractivity contribution in [3.8, 4) is 0 Å². The molecule has 160 valence electrons. The average Bonchev–Trinajstić information content (AvgIpc) is 2.77. The van der Waals surface area contributed by atoms with Gasteiger partial charge in [-0.3, -0.25) is 4.79 Å². The first-order valence-corrected chi connectivity index (χ1v) is 10.8. The highest BCUT2D eigenvalue weighted by atomic mass is 16.4. The van der Waals surface area contributed by atoms with Crippen LogP contribution in [0.5, 0.6) is 0 Å². The molecule has 3 rings (SSSR count). The van der Waals surface area contributed by atoms with Gasteiger partial charge >= 0.3 is 6.09 Å². The Morgan fingerprint density at radius 3 is 2.10 bits per heavy atom. The molecule has 29 heavy (non-hydrogen) atoms. The number of anilines is 1. The lowest BCUT2D eigenvalue weighted by Crippen LogP contribution is -2.42. The quantitative estimate of drug-likeness (QED) is 0.650. The summed E-state index contributed by atoms with van der Waals surface area (Å²) in [5, 5.41) is 20.5. The average molecular weight is 404 g/mol. The first kappa shape index (κ1) is 21.4. The monoisotopic (exact) mass is 403 g/mol. The number of piperidine rings is 2. The summed E-state index contributed by atoms with van der Waals surface area (Å²) in [5.41, 5.74) is 2.38. The van der Waals surface area contributed by atoms with Gasteiger partial charge in [-0.05, 0) is 61.6 Å². The maximum atomic E-state index is 11.6. The third-order valence-corrected chi connectivity index (χ3v) is 6.39. The summed E-state index contributed by atoms with van der Waals surface area (Å²) in [5.74, 6) is 1.34. The van der Waals surface area contributed by atoms with Crippen molar-refractivity contribution >= 4 is 17.7 Å². The van der Waals surface area contributed by atoms with E-state index in [4.69, 9.17) is 10.2 Å². The number of carboxylic acid groups (broad SMARTS) is 1. The predicted octanol–water partition coefficient (Wildman–Crippen LogP) is 2.33. The number of carbonyl (C=O) groups is 2. The van der Waals surface area contributed by atoms with Crippen molar-refractivity contribution < 1.29 is 19.8 Å². The van der Waals surface area contributed by atoms with Crippen molar-refractivity contribution in [2.45, 2.75) is 38.5 Å². The summed E-state index contributed by atoms with van der Waals surface area (Å²) < 4.78 is 0. The van der Waals surface area contributed by atoms with Crippen LogP contribution in [0.4, 0.5) is 10.5 Å². The third-order valence-electron chi connectivity index (χ3n) is 6.39. The lowest BCUT2D eigenvalue weighted by Gasteiger charge is -2.40.